The Labute approximate surface area is 197 Å². The summed E-state index contributed by atoms with van der Waals surface area (Å²) in [5, 5.41) is 7.44. The van der Waals surface area contributed by atoms with Crippen LogP contribution in [0.25, 0.3) is 16.9 Å². The molecule has 0 atom stereocenters. The number of aromatic nitrogens is 2. The van der Waals surface area contributed by atoms with Crippen LogP contribution in [0.2, 0.25) is 0 Å². The predicted molar refractivity (Wildman–Crippen MR) is 131 cm³/mol. The molecule has 172 valence electrons. The van der Waals surface area contributed by atoms with Crippen LogP contribution in [0.4, 0.5) is 5.69 Å². The van der Waals surface area contributed by atoms with Crippen LogP contribution in [0, 0.1) is 6.92 Å². The van der Waals surface area contributed by atoms with Crippen LogP contribution in [0.1, 0.15) is 33.3 Å². The summed E-state index contributed by atoms with van der Waals surface area (Å²) in [5.74, 6) is 0.0144. The number of anilines is 1. The van der Waals surface area contributed by atoms with E-state index < -0.39 is 5.97 Å². The first-order chi connectivity index (χ1) is 16.5. The van der Waals surface area contributed by atoms with E-state index in [4.69, 9.17) is 9.47 Å². The van der Waals surface area contributed by atoms with Gasteiger partial charge in [0.15, 0.2) is 5.69 Å². The van der Waals surface area contributed by atoms with Crippen LogP contribution in [-0.4, -0.2) is 35.4 Å². The summed E-state index contributed by atoms with van der Waals surface area (Å²) < 4.78 is 12.1. The molecule has 0 saturated carbocycles. The highest BCUT2D eigenvalue weighted by atomic mass is 16.5. The number of benzene rings is 3. The third-order valence-corrected chi connectivity index (χ3v) is 5.21. The van der Waals surface area contributed by atoms with Gasteiger partial charge in [-0.2, -0.15) is 5.10 Å². The van der Waals surface area contributed by atoms with Crippen molar-refractivity contribution in [1.29, 1.82) is 0 Å². The van der Waals surface area contributed by atoms with Crippen LogP contribution >= 0.6 is 0 Å². The smallest absolute Gasteiger partial charge is 0.358 e. The van der Waals surface area contributed by atoms with Crippen LogP contribution in [0.5, 0.6) is 5.75 Å². The summed E-state index contributed by atoms with van der Waals surface area (Å²) in [5.41, 5.74) is 4.63. The van der Waals surface area contributed by atoms with Crippen LogP contribution in [0.15, 0.2) is 78.9 Å². The number of carbonyl (C=O) groups excluding carboxylic acids is 2. The highest BCUT2D eigenvalue weighted by Gasteiger charge is 2.18. The molecule has 3 aromatic carbocycles. The van der Waals surface area contributed by atoms with Crippen molar-refractivity contribution in [1.82, 2.24) is 9.78 Å². The van der Waals surface area contributed by atoms with Crippen molar-refractivity contribution in [3.63, 3.8) is 0 Å². The van der Waals surface area contributed by atoms with E-state index in [0.717, 1.165) is 16.8 Å². The van der Waals surface area contributed by atoms with Gasteiger partial charge >= 0.3 is 5.97 Å². The molecule has 34 heavy (non-hydrogen) atoms. The molecule has 0 aliphatic heterocycles. The van der Waals surface area contributed by atoms with E-state index >= 15 is 0 Å². The molecule has 0 radical (unpaired) electrons. The number of esters is 1. The molecule has 0 saturated heterocycles. The van der Waals surface area contributed by atoms with E-state index in [0.29, 0.717) is 22.7 Å². The Kier molecular flexibility index (Phi) is 6.73. The zero-order valence-corrected chi connectivity index (χ0v) is 19.2. The van der Waals surface area contributed by atoms with Crippen molar-refractivity contribution < 1.29 is 19.1 Å². The molecular formula is C27H25N3O4. The number of aryl methyl sites for hydroxylation is 1. The van der Waals surface area contributed by atoms with Crippen LogP contribution < -0.4 is 10.1 Å². The van der Waals surface area contributed by atoms with Gasteiger partial charge in [-0.15, -0.1) is 0 Å². The van der Waals surface area contributed by atoms with Gasteiger partial charge in [-0.05, 0) is 68.4 Å². The molecule has 7 heteroatoms. The van der Waals surface area contributed by atoms with E-state index in [1.807, 2.05) is 73.7 Å². The standard InChI is InChI=1S/C27H25N3O4/c1-4-34-27(32)24-17-25(30(29-24)22-11-13-23(33-3)14-12-22)19-8-6-10-21(16-19)28-26(31)20-9-5-7-18(2)15-20/h5-17H,4H2,1-3H3,(H,28,31). The molecule has 1 amide bonds. The first-order valence-corrected chi connectivity index (χ1v) is 10.9. The maximum Gasteiger partial charge on any atom is 0.358 e. The molecule has 0 unspecified atom stereocenters. The van der Waals surface area contributed by atoms with Gasteiger partial charge in [0.2, 0.25) is 0 Å². The summed E-state index contributed by atoms with van der Waals surface area (Å²) >= 11 is 0. The third kappa shape index (κ3) is 4.99. The first-order valence-electron chi connectivity index (χ1n) is 10.9. The van der Waals surface area contributed by atoms with Gasteiger partial charge in [0.05, 0.1) is 25.1 Å². The van der Waals surface area contributed by atoms with Gasteiger partial charge in [0.1, 0.15) is 5.75 Å². The second-order valence-corrected chi connectivity index (χ2v) is 7.65. The second-order valence-electron chi connectivity index (χ2n) is 7.65. The highest BCUT2D eigenvalue weighted by Crippen LogP contribution is 2.28. The van der Waals surface area contributed by atoms with Crippen molar-refractivity contribution in [2.75, 3.05) is 19.0 Å². The normalized spacial score (nSPS) is 10.6. The van der Waals surface area contributed by atoms with Crippen molar-refractivity contribution in [2.45, 2.75) is 13.8 Å². The largest absolute Gasteiger partial charge is 0.497 e. The number of hydrogen-bond donors (Lipinski definition) is 1. The van der Waals surface area contributed by atoms with Crippen molar-refractivity contribution in [3.05, 3.63) is 95.7 Å². The number of methoxy groups -OCH3 is 1. The summed E-state index contributed by atoms with van der Waals surface area (Å²) in [6.45, 7) is 3.95. The average molecular weight is 456 g/mol. The van der Waals surface area contributed by atoms with E-state index in [-0.39, 0.29) is 18.2 Å². The Morgan fingerprint density at radius 3 is 2.44 bits per heavy atom. The lowest BCUT2D eigenvalue weighted by atomic mass is 10.1. The predicted octanol–water partition coefficient (Wildman–Crippen LogP) is 5.29. The number of hydrogen-bond acceptors (Lipinski definition) is 5. The number of rotatable bonds is 7. The Morgan fingerprint density at radius 1 is 0.971 bits per heavy atom. The quantitative estimate of drug-likeness (QED) is 0.383. The van der Waals surface area contributed by atoms with E-state index in [9.17, 15) is 9.59 Å². The molecule has 0 aliphatic carbocycles. The maximum absolute atomic E-state index is 12.7. The van der Waals surface area contributed by atoms with Crippen LogP contribution in [-0.2, 0) is 4.74 Å². The Morgan fingerprint density at radius 2 is 1.74 bits per heavy atom. The minimum absolute atomic E-state index is 0.196. The Hall–Kier alpha value is -4.39. The second kappa shape index (κ2) is 10.0. The van der Waals surface area contributed by atoms with Crippen LogP contribution in [0.3, 0.4) is 0 Å². The fraction of sp³-hybridized carbons (Fsp3) is 0.148. The number of nitrogens with one attached hydrogen (secondary N) is 1. The van der Waals surface area contributed by atoms with Gasteiger partial charge in [-0.25, -0.2) is 9.48 Å². The van der Waals surface area contributed by atoms with Crippen molar-refractivity contribution in [3.8, 4) is 22.7 Å². The molecule has 4 rings (SSSR count). The summed E-state index contributed by atoms with van der Waals surface area (Å²) in [6.07, 6.45) is 0. The molecule has 7 nitrogen and oxygen atoms in total. The van der Waals surface area contributed by atoms with E-state index in [1.165, 1.54) is 0 Å². The minimum atomic E-state index is -0.500. The number of ether oxygens (including phenoxy) is 2. The molecule has 1 aromatic heterocycles. The molecule has 4 aromatic rings. The first kappa shape index (κ1) is 22.8. The number of carbonyl (C=O) groups is 2. The molecule has 0 aliphatic rings. The summed E-state index contributed by atoms with van der Waals surface area (Å²) in [6, 6.07) is 23.9. The van der Waals surface area contributed by atoms with E-state index in [2.05, 4.69) is 10.4 Å². The summed E-state index contributed by atoms with van der Waals surface area (Å²) in [4.78, 5) is 25.1. The van der Waals surface area contributed by atoms with Gasteiger partial charge in [-0.1, -0.05) is 29.8 Å². The molecule has 0 fully saturated rings. The lowest BCUT2D eigenvalue weighted by Gasteiger charge is -2.11. The fourth-order valence-electron chi connectivity index (χ4n) is 3.56. The minimum Gasteiger partial charge on any atom is -0.497 e. The van der Waals surface area contributed by atoms with E-state index in [1.54, 1.807) is 30.8 Å². The van der Waals surface area contributed by atoms with Gasteiger partial charge in [0, 0.05) is 16.8 Å². The maximum atomic E-state index is 12.7. The van der Waals surface area contributed by atoms with Gasteiger partial charge in [-0.3, -0.25) is 4.79 Å². The Bertz CT molecular complexity index is 1330. The lowest BCUT2D eigenvalue weighted by Crippen LogP contribution is -2.12. The molecule has 1 N–H and O–H groups in total. The zero-order valence-electron chi connectivity index (χ0n) is 19.2. The van der Waals surface area contributed by atoms with Gasteiger partial charge < -0.3 is 14.8 Å². The third-order valence-electron chi connectivity index (χ3n) is 5.21. The summed E-state index contributed by atoms with van der Waals surface area (Å²) in [7, 11) is 1.60. The zero-order chi connectivity index (χ0) is 24.1. The molecule has 0 spiro atoms. The lowest BCUT2D eigenvalue weighted by molar-refractivity contribution is 0.0519. The fourth-order valence-corrected chi connectivity index (χ4v) is 3.56. The number of amides is 1. The topological polar surface area (TPSA) is 82.5 Å². The monoisotopic (exact) mass is 455 g/mol. The van der Waals surface area contributed by atoms with Crippen molar-refractivity contribution >= 4 is 17.6 Å². The molecule has 1 heterocycles. The molecule has 0 bridgehead atoms. The van der Waals surface area contributed by atoms with Gasteiger partial charge in [0.25, 0.3) is 5.91 Å². The SMILES string of the molecule is CCOC(=O)c1cc(-c2cccc(NC(=O)c3cccc(C)c3)c2)n(-c2ccc(OC)cc2)n1. The Balaban J connectivity index is 1.71. The molecular weight excluding hydrogens is 430 g/mol. The average Bonchev–Trinajstić information content (AvgIpc) is 3.30. The number of nitrogens with zero attached hydrogens (tertiary/aromatic N) is 2. The van der Waals surface area contributed by atoms with Crippen molar-refractivity contribution in [2.24, 2.45) is 0 Å². The highest BCUT2D eigenvalue weighted by molar-refractivity contribution is 6.04.